The molecule has 0 saturated carbocycles. The standard InChI is InChI=1S/C17H27N3O/c1-18-17(21)16-8-6-15(7-9-16)14-19-10-5-13-20-11-3-2-4-12-20/h6-9,19H,2-5,10-14H2,1H3,(H,18,21). The lowest BCUT2D eigenvalue weighted by molar-refractivity contribution is 0.0963. The summed E-state index contributed by atoms with van der Waals surface area (Å²) in [5.41, 5.74) is 1.94. The van der Waals surface area contributed by atoms with Crippen LogP contribution in [0.1, 0.15) is 41.6 Å². The highest BCUT2D eigenvalue weighted by Crippen LogP contribution is 2.08. The van der Waals surface area contributed by atoms with E-state index in [1.807, 2.05) is 24.3 Å². The Bertz CT molecular complexity index is 424. The number of hydrogen-bond donors (Lipinski definition) is 2. The van der Waals surface area contributed by atoms with E-state index in [0.29, 0.717) is 5.56 Å². The summed E-state index contributed by atoms with van der Waals surface area (Å²) in [5.74, 6) is -0.0314. The van der Waals surface area contributed by atoms with Crippen LogP contribution in [0.25, 0.3) is 0 Å². The monoisotopic (exact) mass is 289 g/mol. The van der Waals surface area contributed by atoms with Crippen LogP contribution in [0, 0.1) is 0 Å². The second-order valence-corrected chi connectivity index (χ2v) is 5.71. The molecule has 1 amide bonds. The third-order valence-corrected chi connectivity index (χ3v) is 4.05. The number of nitrogens with zero attached hydrogens (tertiary/aromatic N) is 1. The molecule has 0 atom stereocenters. The highest BCUT2D eigenvalue weighted by atomic mass is 16.1. The summed E-state index contributed by atoms with van der Waals surface area (Å²) < 4.78 is 0. The predicted molar refractivity (Wildman–Crippen MR) is 86.4 cm³/mol. The van der Waals surface area contributed by atoms with Gasteiger partial charge in [0.25, 0.3) is 5.91 Å². The average molecular weight is 289 g/mol. The Balaban J connectivity index is 1.61. The first kappa shape index (κ1) is 16.0. The quantitative estimate of drug-likeness (QED) is 0.755. The van der Waals surface area contributed by atoms with Gasteiger partial charge in [0.05, 0.1) is 0 Å². The van der Waals surface area contributed by atoms with Gasteiger partial charge in [-0.15, -0.1) is 0 Å². The molecule has 1 heterocycles. The molecule has 21 heavy (non-hydrogen) atoms. The molecule has 116 valence electrons. The Hall–Kier alpha value is -1.39. The first-order valence-corrected chi connectivity index (χ1v) is 8.03. The van der Waals surface area contributed by atoms with Crippen LogP contribution in [0.5, 0.6) is 0 Å². The van der Waals surface area contributed by atoms with E-state index in [9.17, 15) is 4.79 Å². The maximum absolute atomic E-state index is 11.4. The van der Waals surface area contributed by atoms with Gasteiger partial charge < -0.3 is 15.5 Å². The van der Waals surface area contributed by atoms with Crippen molar-refractivity contribution in [1.82, 2.24) is 15.5 Å². The molecular formula is C17H27N3O. The molecule has 1 aromatic carbocycles. The van der Waals surface area contributed by atoms with Gasteiger partial charge in [-0.25, -0.2) is 0 Å². The number of carbonyl (C=O) groups is 1. The van der Waals surface area contributed by atoms with Crippen LogP contribution in [0.4, 0.5) is 0 Å². The normalized spacial score (nSPS) is 15.9. The molecule has 1 aliphatic heterocycles. The van der Waals surface area contributed by atoms with E-state index in [4.69, 9.17) is 0 Å². The third kappa shape index (κ3) is 5.48. The zero-order valence-corrected chi connectivity index (χ0v) is 13.0. The summed E-state index contributed by atoms with van der Waals surface area (Å²) >= 11 is 0. The molecule has 0 bridgehead atoms. The summed E-state index contributed by atoms with van der Waals surface area (Å²) in [6.07, 6.45) is 5.34. The van der Waals surface area contributed by atoms with Crippen molar-refractivity contribution in [3.63, 3.8) is 0 Å². The molecule has 2 rings (SSSR count). The first-order chi connectivity index (χ1) is 10.3. The topological polar surface area (TPSA) is 44.4 Å². The number of benzene rings is 1. The Morgan fingerprint density at radius 2 is 1.86 bits per heavy atom. The highest BCUT2D eigenvalue weighted by Gasteiger charge is 2.08. The van der Waals surface area contributed by atoms with Gasteiger partial charge in [0.2, 0.25) is 0 Å². The van der Waals surface area contributed by atoms with Crippen LogP contribution in [-0.2, 0) is 6.54 Å². The molecule has 4 nitrogen and oxygen atoms in total. The molecule has 0 spiro atoms. The van der Waals surface area contributed by atoms with Gasteiger partial charge in [0, 0.05) is 19.2 Å². The summed E-state index contributed by atoms with van der Waals surface area (Å²) in [4.78, 5) is 14.0. The molecular weight excluding hydrogens is 262 g/mol. The van der Waals surface area contributed by atoms with Crippen molar-refractivity contribution in [3.05, 3.63) is 35.4 Å². The van der Waals surface area contributed by atoms with E-state index < -0.39 is 0 Å². The smallest absolute Gasteiger partial charge is 0.251 e. The van der Waals surface area contributed by atoms with Gasteiger partial charge >= 0.3 is 0 Å². The second-order valence-electron chi connectivity index (χ2n) is 5.71. The molecule has 1 aliphatic rings. The van der Waals surface area contributed by atoms with Crippen LogP contribution in [0.2, 0.25) is 0 Å². The minimum absolute atomic E-state index is 0.0314. The van der Waals surface area contributed by atoms with Crippen molar-refractivity contribution in [3.8, 4) is 0 Å². The lowest BCUT2D eigenvalue weighted by Crippen LogP contribution is -2.32. The van der Waals surface area contributed by atoms with Crippen LogP contribution < -0.4 is 10.6 Å². The Morgan fingerprint density at radius 3 is 2.52 bits per heavy atom. The summed E-state index contributed by atoms with van der Waals surface area (Å²) in [6.45, 7) is 5.69. The fourth-order valence-electron chi connectivity index (χ4n) is 2.76. The van der Waals surface area contributed by atoms with Gasteiger partial charge in [0.15, 0.2) is 0 Å². The van der Waals surface area contributed by atoms with E-state index in [2.05, 4.69) is 15.5 Å². The molecule has 2 N–H and O–H groups in total. The number of carbonyl (C=O) groups excluding carboxylic acids is 1. The van der Waals surface area contributed by atoms with E-state index in [-0.39, 0.29) is 5.91 Å². The van der Waals surface area contributed by atoms with E-state index >= 15 is 0 Å². The fourth-order valence-corrected chi connectivity index (χ4v) is 2.76. The summed E-state index contributed by atoms with van der Waals surface area (Å²) in [5, 5.41) is 6.11. The van der Waals surface area contributed by atoms with Crippen molar-refractivity contribution >= 4 is 5.91 Å². The number of hydrogen-bond acceptors (Lipinski definition) is 3. The Morgan fingerprint density at radius 1 is 1.14 bits per heavy atom. The molecule has 1 saturated heterocycles. The molecule has 4 heteroatoms. The maximum atomic E-state index is 11.4. The number of likely N-dealkylation sites (tertiary alicyclic amines) is 1. The largest absolute Gasteiger partial charge is 0.355 e. The highest BCUT2D eigenvalue weighted by molar-refractivity contribution is 5.93. The molecule has 0 radical (unpaired) electrons. The van der Waals surface area contributed by atoms with Crippen molar-refractivity contribution in [2.75, 3.05) is 33.2 Å². The zero-order chi connectivity index (χ0) is 14.9. The fraction of sp³-hybridized carbons (Fsp3) is 0.588. The van der Waals surface area contributed by atoms with Gasteiger partial charge in [-0.2, -0.15) is 0 Å². The predicted octanol–water partition coefficient (Wildman–Crippen LogP) is 2.01. The van der Waals surface area contributed by atoms with Gasteiger partial charge in [-0.3, -0.25) is 4.79 Å². The number of amides is 1. The number of piperidine rings is 1. The summed E-state index contributed by atoms with van der Waals surface area (Å²) in [7, 11) is 1.65. The van der Waals surface area contributed by atoms with E-state index in [1.165, 1.54) is 50.9 Å². The lowest BCUT2D eigenvalue weighted by Gasteiger charge is -2.26. The van der Waals surface area contributed by atoms with Gasteiger partial charge in [-0.1, -0.05) is 18.6 Å². The minimum Gasteiger partial charge on any atom is -0.355 e. The Labute approximate surface area is 127 Å². The van der Waals surface area contributed by atoms with Crippen molar-refractivity contribution in [2.24, 2.45) is 0 Å². The lowest BCUT2D eigenvalue weighted by atomic mass is 10.1. The maximum Gasteiger partial charge on any atom is 0.251 e. The van der Waals surface area contributed by atoms with Gasteiger partial charge in [-0.05, 0) is 63.1 Å². The Kier molecular flexibility index (Phi) is 6.70. The third-order valence-electron chi connectivity index (χ3n) is 4.05. The molecule has 0 aliphatic carbocycles. The van der Waals surface area contributed by atoms with Crippen LogP contribution in [0.3, 0.4) is 0 Å². The SMILES string of the molecule is CNC(=O)c1ccc(CNCCCN2CCCCC2)cc1. The van der Waals surface area contributed by atoms with E-state index in [1.54, 1.807) is 7.05 Å². The molecule has 1 aromatic rings. The minimum atomic E-state index is -0.0314. The first-order valence-electron chi connectivity index (χ1n) is 8.03. The number of rotatable bonds is 7. The second kappa shape index (κ2) is 8.80. The van der Waals surface area contributed by atoms with Crippen LogP contribution >= 0.6 is 0 Å². The van der Waals surface area contributed by atoms with Crippen molar-refractivity contribution in [2.45, 2.75) is 32.2 Å². The van der Waals surface area contributed by atoms with Gasteiger partial charge in [0.1, 0.15) is 0 Å². The molecule has 1 fully saturated rings. The molecule has 0 aromatic heterocycles. The van der Waals surface area contributed by atoms with Crippen LogP contribution in [0.15, 0.2) is 24.3 Å². The summed E-state index contributed by atoms with van der Waals surface area (Å²) in [6, 6.07) is 7.79. The molecule has 0 unspecified atom stereocenters. The number of nitrogens with one attached hydrogen (secondary N) is 2. The van der Waals surface area contributed by atoms with Crippen LogP contribution in [-0.4, -0.2) is 44.0 Å². The van der Waals surface area contributed by atoms with E-state index in [0.717, 1.165) is 13.1 Å². The average Bonchev–Trinajstić information content (AvgIpc) is 2.55. The van der Waals surface area contributed by atoms with Crippen molar-refractivity contribution in [1.29, 1.82) is 0 Å². The zero-order valence-electron chi connectivity index (χ0n) is 13.0. The van der Waals surface area contributed by atoms with Crippen molar-refractivity contribution < 1.29 is 4.79 Å².